The van der Waals surface area contributed by atoms with Gasteiger partial charge in [-0.2, -0.15) is 4.98 Å². The van der Waals surface area contributed by atoms with Gasteiger partial charge in [0.15, 0.2) is 23.0 Å². The number of halogens is 2. The van der Waals surface area contributed by atoms with Crippen LogP contribution in [0.2, 0.25) is 0 Å². The zero-order valence-corrected chi connectivity index (χ0v) is 23.7. The highest BCUT2D eigenvalue weighted by Crippen LogP contribution is 2.62. The molecule has 42 heavy (non-hydrogen) atoms. The van der Waals surface area contributed by atoms with Crippen molar-refractivity contribution in [2.24, 2.45) is 4.99 Å². The van der Waals surface area contributed by atoms with Gasteiger partial charge in [0.05, 0.1) is 24.7 Å². The molecule has 2 saturated heterocycles. The molecule has 0 radical (unpaired) electrons. The molecule has 7 N–H and O–H groups in total. The van der Waals surface area contributed by atoms with E-state index in [1.807, 2.05) is 0 Å². The summed E-state index contributed by atoms with van der Waals surface area (Å²) in [5.74, 6) is -1.19. The summed E-state index contributed by atoms with van der Waals surface area (Å²) >= 11 is 4.17. The number of hydrogen-bond acceptors (Lipinski definition) is 14. The predicted octanol–water partition coefficient (Wildman–Crippen LogP) is 0.498. The monoisotopic (exact) mass is 631 g/mol. The Hall–Kier alpha value is -3.19. The molecule has 2 aliphatic heterocycles. The highest BCUT2D eigenvalue weighted by molar-refractivity contribution is 8.46. The van der Waals surface area contributed by atoms with Gasteiger partial charge in [0.1, 0.15) is 48.6 Å². The van der Waals surface area contributed by atoms with Crippen LogP contribution in [0.4, 0.5) is 32.1 Å². The van der Waals surface area contributed by atoms with E-state index in [-0.39, 0.29) is 40.7 Å². The molecule has 3 aromatic heterocycles. The maximum Gasteiger partial charge on any atom is 0.280 e. The largest absolute Gasteiger partial charge is 0.394 e. The Balaban J connectivity index is 1.36. The Kier molecular flexibility index (Phi) is 8.27. The number of hydrogen-bond donors (Lipinski definition) is 6. The van der Waals surface area contributed by atoms with Crippen LogP contribution in [0, 0.1) is 5.82 Å². The second-order valence-electron chi connectivity index (χ2n) is 9.71. The van der Waals surface area contributed by atoms with Gasteiger partial charge in [-0.3, -0.25) is 19.3 Å². The molecule has 5 heterocycles. The fraction of sp³-hybridized carbons (Fsp3) is 0.500. The van der Waals surface area contributed by atoms with Crippen molar-refractivity contribution >= 4 is 59.8 Å². The molecule has 20 heteroatoms. The number of aliphatic imine (C=N–C) groups is 1. The molecule has 0 aliphatic carbocycles. The number of nitrogens with zero attached hydrogens (tertiary/aromatic N) is 6. The van der Waals surface area contributed by atoms with Crippen LogP contribution in [0.3, 0.4) is 0 Å². The topological polar surface area (TPSA) is 229 Å². The molecular weight excluding hydrogens is 603 g/mol. The first-order valence-electron chi connectivity index (χ1n) is 12.4. The van der Waals surface area contributed by atoms with E-state index in [0.29, 0.717) is 0 Å². The van der Waals surface area contributed by atoms with Crippen molar-refractivity contribution in [3.63, 3.8) is 0 Å². The number of aliphatic hydroxyl groups excluding tert-OH is 2. The molecule has 2 aliphatic rings. The van der Waals surface area contributed by atoms with Gasteiger partial charge in [-0.25, -0.2) is 18.7 Å². The minimum absolute atomic E-state index is 0.00886. The lowest BCUT2D eigenvalue weighted by Crippen LogP contribution is -2.42. The lowest BCUT2D eigenvalue weighted by molar-refractivity contribution is -0.0376. The summed E-state index contributed by atoms with van der Waals surface area (Å²) in [5, 5.41) is 20.3. The molecule has 0 amide bonds. The number of ether oxygens (including phenoxy) is 2. The van der Waals surface area contributed by atoms with Gasteiger partial charge in [0.25, 0.3) is 12.1 Å². The Labute approximate surface area is 241 Å². The summed E-state index contributed by atoms with van der Waals surface area (Å²) in [6.07, 6.45) is -5.75. The molecule has 0 saturated carbocycles. The number of nitrogens with one attached hydrogen (secondary N) is 1. The zero-order chi connectivity index (χ0) is 30.5. The quantitative estimate of drug-likeness (QED) is 0.107. The Morgan fingerprint density at radius 2 is 2.12 bits per heavy atom. The van der Waals surface area contributed by atoms with Crippen LogP contribution in [-0.4, -0.2) is 98.1 Å². The van der Waals surface area contributed by atoms with Crippen LogP contribution in [-0.2, 0) is 18.6 Å². The lowest BCUT2D eigenvalue weighted by atomic mass is 10.2. The fourth-order valence-electron chi connectivity index (χ4n) is 5.08. The van der Waals surface area contributed by atoms with Crippen molar-refractivity contribution in [2.45, 2.75) is 49.0 Å². The standard InChI is InChI=1S/C22H28F2N9O7PS/c1-27-15-19(30-22(26)31-20(15)36)32(2)21-16(14(24)10(5-34)40-21)41(37,42)38-6-11-9(35)3-12(39-11)33-4-8(23)13-17(25)28-7-29-18(13)33/h4,7,9-12,14,16,21,34-35H,1,3,5-6H2,2H3,(H,37,42)(H2,25,28,29)(H3,26,30,31,36)/t9-,10+,11+,12+,14+,16+,21+,41?/m0/s1. The van der Waals surface area contributed by atoms with Crippen LogP contribution in [0.25, 0.3) is 11.0 Å². The number of rotatable bonds is 9. The van der Waals surface area contributed by atoms with Gasteiger partial charge in [-0.05, 0) is 6.72 Å². The maximum absolute atomic E-state index is 15.6. The van der Waals surface area contributed by atoms with Crippen molar-refractivity contribution in [3.8, 4) is 0 Å². The summed E-state index contributed by atoms with van der Waals surface area (Å²) in [4.78, 5) is 31.2. The fourth-order valence-corrected chi connectivity index (χ4v) is 7.68. The van der Waals surface area contributed by atoms with Gasteiger partial charge in [-0.1, -0.05) is 12.2 Å². The first-order chi connectivity index (χ1) is 19.9. The second-order valence-corrected chi connectivity index (χ2v) is 13.4. The molecule has 0 bridgehead atoms. The number of alkyl halides is 1. The molecule has 0 spiro atoms. The smallest absolute Gasteiger partial charge is 0.280 e. The van der Waals surface area contributed by atoms with Crippen LogP contribution in [0.15, 0.2) is 22.3 Å². The summed E-state index contributed by atoms with van der Waals surface area (Å²) in [7, 11) is 1.36. The molecule has 1 unspecified atom stereocenters. The zero-order valence-electron chi connectivity index (χ0n) is 21.9. The van der Waals surface area contributed by atoms with E-state index in [9.17, 15) is 24.0 Å². The first kappa shape index (κ1) is 30.3. The third-order valence-electron chi connectivity index (χ3n) is 7.14. The minimum atomic E-state index is -4.28. The number of thiol groups is 1. The van der Waals surface area contributed by atoms with E-state index in [4.69, 9.17) is 25.5 Å². The van der Waals surface area contributed by atoms with E-state index >= 15 is 4.39 Å². The highest BCUT2D eigenvalue weighted by atomic mass is 32.7. The van der Waals surface area contributed by atoms with Crippen LogP contribution in [0.5, 0.6) is 0 Å². The Morgan fingerprint density at radius 3 is 2.81 bits per heavy atom. The number of aromatic nitrogens is 5. The normalized spacial score (nSPS) is 29.1. The number of fused-ring (bicyclic) bond motifs is 1. The number of H-pyrrole nitrogens is 1. The maximum atomic E-state index is 15.6. The summed E-state index contributed by atoms with van der Waals surface area (Å²) in [5.41, 5.74) is 8.96. The third-order valence-corrected chi connectivity index (χ3v) is 10.1. The molecular formula is C22H28F2N9O7PS. The first-order valence-corrected chi connectivity index (χ1v) is 15.3. The van der Waals surface area contributed by atoms with Gasteiger partial charge < -0.3 is 45.1 Å². The average Bonchev–Trinajstić information content (AvgIpc) is 3.59. The molecule has 8 atom stereocenters. The van der Waals surface area contributed by atoms with Gasteiger partial charge in [-0.15, -0.1) is 0 Å². The van der Waals surface area contributed by atoms with Crippen molar-refractivity contribution < 1.29 is 37.6 Å². The van der Waals surface area contributed by atoms with E-state index in [1.165, 1.54) is 16.5 Å². The van der Waals surface area contributed by atoms with E-state index in [1.54, 1.807) is 0 Å². The highest BCUT2D eigenvalue weighted by Gasteiger charge is 2.56. The van der Waals surface area contributed by atoms with E-state index in [0.717, 1.165) is 12.5 Å². The Morgan fingerprint density at radius 1 is 1.38 bits per heavy atom. The third kappa shape index (κ3) is 5.25. The number of nitrogens with two attached hydrogens (primary N) is 2. The SMILES string of the molecule is C=Nc1c(N(C)[C@@H]2O[C@H](CO)[C@@H](F)[C@H]2P(=O)(S)OC[C@H]2O[C@@H](n3cc(F)c4c(N)ncnc43)C[C@@H]2O)nc(N)[nH]c1=O. The van der Waals surface area contributed by atoms with Gasteiger partial charge in [0, 0.05) is 19.7 Å². The second kappa shape index (κ2) is 11.5. The number of nitrogen functional groups attached to an aromatic ring is 2. The molecule has 16 nitrogen and oxygen atoms in total. The van der Waals surface area contributed by atoms with Crippen molar-refractivity contribution in [2.75, 3.05) is 36.6 Å². The molecule has 228 valence electrons. The predicted molar refractivity (Wildman–Crippen MR) is 150 cm³/mol. The number of aliphatic hydroxyl groups is 2. The van der Waals surface area contributed by atoms with E-state index in [2.05, 4.69) is 43.9 Å². The Bertz CT molecular complexity index is 1610. The van der Waals surface area contributed by atoms with Crippen LogP contribution in [0.1, 0.15) is 12.6 Å². The average molecular weight is 632 g/mol. The lowest BCUT2D eigenvalue weighted by Gasteiger charge is -2.32. The van der Waals surface area contributed by atoms with Crippen LogP contribution < -0.4 is 21.9 Å². The van der Waals surface area contributed by atoms with Crippen molar-refractivity contribution in [3.05, 3.63) is 28.7 Å². The van der Waals surface area contributed by atoms with Crippen LogP contribution >= 0.6 is 18.8 Å². The molecule has 2 fully saturated rings. The number of anilines is 3. The van der Waals surface area contributed by atoms with Crippen molar-refractivity contribution in [1.82, 2.24) is 24.5 Å². The minimum Gasteiger partial charge on any atom is -0.394 e. The molecule has 0 aromatic carbocycles. The molecule has 5 rings (SSSR count). The number of aromatic amines is 1. The summed E-state index contributed by atoms with van der Waals surface area (Å²) in [6.45, 7) is -2.22. The van der Waals surface area contributed by atoms with Crippen molar-refractivity contribution in [1.29, 1.82) is 0 Å². The summed E-state index contributed by atoms with van der Waals surface area (Å²) < 4.78 is 62.3. The molecule has 3 aromatic rings. The van der Waals surface area contributed by atoms with Gasteiger partial charge >= 0.3 is 0 Å². The summed E-state index contributed by atoms with van der Waals surface area (Å²) in [6, 6.07) is 0. The van der Waals surface area contributed by atoms with Gasteiger partial charge in [0.2, 0.25) is 5.95 Å². The van der Waals surface area contributed by atoms with E-state index < -0.39 is 73.8 Å².